The highest BCUT2D eigenvalue weighted by molar-refractivity contribution is 5.36. The molecule has 0 aliphatic heterocycles. The summed E-state index contributed by atoms with van der Waals surface area (Å²) in [6, 6.07) is 0.227. The fourth-order valence-corrected chi connectivity index (χ4v) is 1.78. The number of carbonyl (C=O) groups excluding carboxylic acids is 1. The maximum Gasteiger partial charge on any atom is 0.293 e. The van der Waals surface area contributed by atoms with Crippen LogP contribution in [0, 0.1) is 0 Å². The molecule has 2 atom stereocenters. The van der Waals surface area contributed by atoms with Gasteiger partial charge in [0.25, 0.3) is 6.47 Å². The summed E-state index contributed by atoms with van der Waals surface area (Å²) in [4.78, 5) is 9.95. The summed E-state index contributed by atoms with van der Waals surface area (Å²) in [6.07, 6.45) is 18.7. The summed E-state index contributed by atoms with van der Waals surface area (Å²) in [6.45, 7) is 2.81. The Morgan fingerprint density at radius 3 is 2.08 bits per heavy atom. The van der Waals surface area contributed by atoms with Gasteiger partial charge in [0.2, 0.25) is 0 Å². The van der Waals surface area contributed by atoms with Crippen molar-refractivity contribution >= 4 is 6.47 Å². The molecule has 26 heavy (non-hydrogen) atoms. The molecule has 0 spiro atoms. The van der Waals surface area contributed by atoms with Crippen LogP contribution in [0.4, 0.5) is 0 Å². The third kappa shape index (κ3) is 18.2. The number of hydrogen-bond donors (Lipinski definition) is 2. The van der Waals surface area contributed by atoms with Crippen LogP contribution in [0.25, 0.3) is 0 Å². The van der Waals surface area contributed by atoms with Crippen LogP contribution in [0.15, 0.2) is 72.9 Å². The lowest BCUT2D eigenvalue weighted by molar-refractivity contribution is -0.128. The number of allylic oxidation sites excluding steroid dienone is 7. The van der Waals surface area contributed by atoms with Crippen molar-refractivity contribution in [3.8, 4) is 0 Å². The van der Waals surface area contributed by atoms with E-state index in [0.717, 1.165) is 6.42 Å². The summed E-state index contributed by atoms with van der Waals surface area (Å²) in [5.74, 6) is 0. The minimum Gasteiger partial charge on any atom is -0.468 e. The Morgan fingerprint density at radius 1 is 0.923 bits per heavy atom. The molecular weight excluding hydrogens is 328 g/mol. The second-order valence-corrected chi connectivity index (χ2v) is 5.42. The molecule has 0 aromatic heterocycles. The normalized spacial score (nSPS) is 17.2. The monoisotopic (exact) mass is 364 g/mol. The van der Waals surface area contributed by atoms with Crippen molar-refractivity contribution in [1.29, 1.82) is 0 Å². The van der Waals surface area contributed by atoms with E-state index in [1.807, 2.05) is 43.4 Å². The van der Waals surface area contributed by atoms with Crippen LogP contribution >= 0.6 is 0 Å². The van der Waals surface area contributed by atoms with E-state index in [1.54, 1.807) is 0 Å². The molecule has 4 heteroatoms. The molecule has 0 aliphatic carbocycles. The van der Waals surface area contributed by atoms with E-state index in [-0.39, 0.29) is 12.1 Å². The molecule has 0 saturated carbocycles. The number of ether oxygens (including phenoxy) is 1. The first-order chi connectivity index (χ1) is 13.5. The second kappa shape index (κ2) is 19.2. The molecular formula is C22H32O4. The second-order valence-electron chi connectivity index (χ2n) is 5.42. The highest BCUT2D eigenvalue weighted by Gasteiger charge is 1.93. The minimum absolute atomic E-state index is 0.106. The van der Waals surface area contributed by atoms with Gasteiger partial charge in [0, 0.05) is 0 Å². The van der Waals surface area contributed by atoms with Crippen LogP contribution < -0.4 is 0 Å². The summed E-state index contributed by atoms with van der Waals surface area (Å²) >= 11 is 0. The lowest BCUT2D eigenvalue weighted by atomic mass is 10.2. The predicted octanol–water partition coefficient (Wildman–Crippen LogP) is 4.19. The first-order valence-corrected chi connectivity index (χ1v) is 8.90. The molecule has 144 valence electrons. The Kier molecular flexibility index (Phi) is 14.8. The van der Waals surface area contributed by atoms with Gasteiger partial charge in [0.1, 0.15) is 0 Å². The molecule has 0 aromatic rings. The zero-order valence-corrected chi connectivity index (χ0v) is 15.5. The zero-order valence-electron chi connectivity index (χ0n) is 17.5. The van der Waals surface area contributed by atoms with Gasteiger partial charge in [-0.2, -0.15) is 0 Å². The van der Waals surface area contributed by atoms with Crippen molar-refractivity contribution in [2.24, 2.45) is 0 Å². The van der Waals surface area contributed by atoms with Crippen molar-refractivity contribution in [1.82, 2.24) is 0 Å². The summed E-state index contributed by atoms with van der Waals surface area (Å²) in [7, 11) is 0. The maximum atomic E-state index is 9.95. The molecule has 0 bridgehead atoms. The largest absolute Gasteiger partial charge is 0.468 e. The fourth-order valence-electron chi connectivity index (χ4n) is 1.78. The van der Waals surface area contributed by atoms with E-state index in [1.165, 1.54) is 24.3 Å². The van der Waals surface area contributed by atoms with Gasteiger partial charge >= 0.3 is 0 Å². The van der Waals surface area contributed by atoms with Crippen molar-refractivity contribution in [2.45, 2.75) is 51.2 Å². The average Bonchev–Trinajstić information content (AvgIpc) is 2.65. The third-order valence-corrected chi connectivity index (χ3v) is 3.09. The molecule has 0 saturated heterocycles. The first-order valence-electron chi connectivity index (χ1n) is 9.90. The van der Waals surface area contributed by atoms with Crippen LogP contribution in [0.3, 0.4) is 0 Å². The number of aliphatic hydroxyl groups excluding tert-OH is 2. The van der Waals surface area contributed by atoms with Gasteiger partial charge in [-0.25, -0.2) is 0 Å². The Hall–Kier alpha value is -2.17. The van der Waals surface area contributed by atoms with E-state index in [0.29, 0.717) is 38.8 Å². The van der Waals surface area contributed by atoms with Gasteiger partial charge in [-0.3, -0.25) is 4.79 Å². The minimum atomic E-state index is -0.777. The highest BCUT2D eigenvalue weighted by Crippen LogP contribution is 1.99. The highest BCUT2D eigenvalue weighted by atomic mass is 16.5. The van der Waals surface area contributed by atoms with Crippen molar-refractivity contribution in [3.05, 3.63) is 72.9 Å². The van der Waals surface area contributed by atoms with Crippen molar-refractivity contribution in [3.63, 3.8) is 0 Å². The van der Waals surface area contributed by atoms with E-state index >= 15 is 0 Å². The summed E-state index contributed by atoms with van der Waals surface area (Å²) in [5.41, 5.74) is 0. The van der Waals surface area contributed by atoms with Gasteiger partial charge < -0.3 is 14.9 Å². The van der Waals surface area contributed by atoms with E-state index in [9.17, 15) is 15.0 Å². The van der Waals surface area contributed by atoms with Crippen LogP contribution in [0.5, 0.6) is 0 Å². The number of aliphatic hydroxyl groups is 2. The smallest absolute Gasteiger partial charge is 0.293 e. The standard InChI is InChI=1S/C22H32O4/c1-2-3-10-15-21(24)17-12-7-8-13-18-22(25)16-11-6-4-5-9-14-19-26-20-23/h3,5-13,17-18,20-22,24-25H,2,4,14-16,19H2,1H3/b8-7-,9-5-,10-3-,11-6-,17-12+,18-13+/t21-,22-/m0/s1/i12T,13T. The number of hydrogen-bond acceptors (Lipinski definition) is 4. The quantitative estimate of drug-likeness (QED) is 0.198. The molecule has 2 N–H and O–H groups in total. The van der Waals surface area contributed by atoms with E-state index in [2.05, 4.69) is 4.74 Å². The summed E-state index contributed by atoms with van der Waals surface area (Å²) < 4.78 is 20.1. The van der Waals surface area contributed by atoms with Crippen LogP contribution in [-0.2, 0) is 9.53 Å². The first kappa shape index (κ1) is 20.1. The molecule has 0 aromatic carbocycles. The Morgan fingerprint density at radius 2 is 1.50 bits per heavy atom. The van der Waals surface area contributed by atoms with Crippen molar-refractivity contribution in [2.75, 3.05) is 6.61 Å². The van der Waals surface area contributed by atoms with Crippen LogP contribution in [-0.4, -0.2) is 35.5 Å². The molecule has 0 heterocycles. The Balaban J connectivity index is 4.25. The number of rotatable bonds is 15. The lowest BCUT2D eigenvalue weighted by Crippen LogP contribution is -1.98. The summed E-state index contributed by atoms with van der Waals surface area (Å²) in [5, 5.41) is 19.6. The van der Waals surface area contributed by atoms with Gasteiger partial charge in [-0.15, -0.1) is 0 Å². The van der Waals surface area contributed by atoms with Crippen LogP contribution in [0.1, 0.15) is 41.8 Å². The molecule has 0 amide bonds. The molecule has 0 fully saturated rings. The molecule has 0 unspecified atom stereocenters. The molecule has 0 radical (unpaired) electrons. The SMILES string of the molecule is [3H]C(/C=C\C([3H])=C\[C@@H](O)C/C=C\C/C=C\CCOC=O)=C\[C@@H](O)C/C=C\CC. The molecule has 4 nitrogen and oxygen atoms in total. The van der Waals surface area contributed by atoms with E-state index < -0.39 is 12.2 Å². The van der Waals surface area contributed by atoms with E-state index in [4.69, 9.17) is 2.74 Å². The Bertz CT molecular complexity index is 589. The van der Waals surface area contributed by atoms with Gasteiger partial charge in [-0.05, 0) is 32.1 Å². The number of carbonyl (C=O) groups is 1. The van der Waals surface area contributed by atoms with Gasteiger partial charge in [-0.1, -0.05) is 79.8 Å². The third-order valence-electron chi connectivity index (χ3n) is 3.09. The average molecular weight is 365 g/mol. The zero-order chi connectivity index (χ0) is 21.0. The van der Waals surface area contributed by atoms with Crippen LogP contribution in [0.2, 0.25) is 0 Å². The lowest BCUT2D eigenvalue weighted by Gasteiger charge is -1.99. The van der Waals surface area contributed by atoms with Crippen molar-refractivity contribution < 1.29 is 22.5 Å². The topological polar surface area (TPSA) is 66.8 Å². The predicted molar refractivity (Wildman–Crippen MR) is 108 cm³/mol. The van der Waals surface area contributed by atoms with Gasteiger partial charge in [0.05, 0.1) is 21.6 Å². The maximum absolute atomic E-state index is 9.95. The fraction of sp³-hybridized carbons (Fsp3) is 0.409. The molecule has 0 aliphatic rings. The Labute approximate surface area is 160 Å². The molecule has 0 rings (SSSR count). The van der Waals surface area contributed by atoms with Gasteiger partial charge in [0.15, 0.2) is 0 Å².